The molecular formula is C15H20Cl2N2O2. The molecule has 1 aromatic rings. The van der Waals surface area contributed by atoms with Gasteiger partial charge in [-0.2, -0.15) is 0 Å². The summed E-state index contributed by atoms with van der Waals surface area (Å²) in [6, 6.07) is 5.56. The molecule has 0 saturated carbocycles. The highest BCUT2D eigenvalue weighted by atomic mass is 35.5. The highest BCUT2D eigenvalue weighted by Crippen LogP contribution is 2.28. The fraction of sp³-hybridized carbons (Fsp3) is 0.533. The Kier molecular flexibility index (Phi) is 5.73. The smallest absolute Gasteiger partial charge is 0.260 e. The molecular weight excluding hydrogens is 311 g/mol. The van der Waals surface area contributed by atoms with Gasteiger partial charge in [-0.05, 0) is 51.4 Å². The van der Waals surface area contributed by atoms with Gasteiger partial charge in [-0.1, -0.05) is 23.2 Å². The van der Waals surface area contributed by atoms with Crippen molar-refractivity contribution in [1.82, 2.24) is 10.6 Å². The van der Waals surface area contributed by atoms with Crippen molar-refractivity contribution >= 4 is 29.1 Å². The molecule has 21 heavy (non-hydrogen) atoms. The number of carbonyl (C=O) groups is 1. The average Bonchev–Trinajstić information content (AvgIpc) is 2.41. The van der Waals surface area contributed by atoms with Crippen molar-refractivity contribution in [2.45, 2.75) is 44.9 Å². The second-order valence-electron chi connectivity index (χ2n) is 5.42. The van der Waals surface area contributed by atoms with Crippen LogP contribution in [-0.2, 0) is 4.79 Å². The van der Waals surface area contributed by atoms with E-state index in [4.69, 9.17) is 27.9 Å². The van der Waals surface area contributed by atoms with Crippen molar-refractivity contribution in [2.24, 2.45) is 0 Å². The molecule has 6 heteroatoms. The quantitative estimate of drug-likeness (QED) is 0.892. The third kappa shape index (κ3) is 4.77. The molecule has 2 rings (SSSR count). The minimum atomic E-state index is -0.603. The summed E-state index contributed by atoms with van der Waals surface area (Å²) >= 11 is 11.9. The van der Waals surface area contributed by atoms with Crippen LogP contribution in [0.3, 0.4) is 0 Å². The van der Waals surface area contributed by atoms with E-state index in [-0.39, 0.29) is 11.9 Å². The minimum Gasteiger partial charge on any atom is -0.479 e. The zero-order chi connectivity index (χ0) is 15.4. The van der Waals surface area contributed by atoms with Crippen LogP contribution in [0.2, 0.25) is 10.0 Å². The molecule has 0 bridgehead atoms. The van der Waals surface area contributed by atoms with Gasteiger partial charge in [0.05, 0.1) is 5.02 Å². The summed E-state index contributed by atoms with van der Waals surface area (Å²) in [7, 11) is 0. The second-order valence-corrected chi connectivity index (χ2v) is 6.26. The molecule has 1 aliphatic heterocycles. The van der Waals surface area contributed by atoms with Gasteiger partial charge in [0, 0.05) is 17.1 Å². The standard InChI is InChI=1S/C15H20Cl2N2O2/c1-9-7-12(5-6-18-9)19-15(20)10(2)21-14-4-3-11(16)8-13(14)17/h3-4,8-10,12,18H,5-7H2,1-2H3,(H,19,20). The molecule has 1 amide bonds. The van der Waals surface area contributed by atoms with Crippen LogP contribution < -0.4 is 15.4 Å². The highest BCUT2D eigenvalue weighted by Gasteiger charge is 2.23. The zero-order valence-corrected chi connectivity index (χ0v) is 13.7. The Morgan fingerprint density at radius 2 is 2.24 bits per heavy atom. The molecule has 1 fully saturated rings. The Hall–Kier alpha value is -0.970. The number of hydrogen-bond acceptors (Lipinski definition) is 3. The fourth-order valence-corrected chi connectivity index (χ4v) is 2.85. The normalized spacial score (nSPS) is 23.4. The van der Waals surface area contributed by atoms with Crippen molar-refractivity contribution in [1.29, 1.82) is 0 Å². The van der Waals surface area contributed by atoms with E-state index < -0.39 is 6.10 Å². The third-order valence-electron chi connectivity index (χ3n) is 3.54. The van der Waals surface area contributed by atoms with Crippen LogP contribution in [0, 0.1) is 0 Å². The number of carbonyl (C=O) groups excluding carboxylic acids is 1. The molecule has 1 saturated heterocycles. The van der Waals surface area contributed by atoms with Gasteiger partial charge in [-0.3, -0.25) is 4.79 Å². The Morgan fingerprint density at radius 1 is 1.48 bits per heavy atom. The van der Waals surface area contributed by atoms with Gasteiger partial charge < -0.3 is 15.4 Å². The Labute approximate surface area is 135 Å². The molecule has 4 nitrogen and oxygen atoms in total. The predicted molar refractivity (Wildman–Crippen MR) is 85.2 cm³/mol. The number of hydrogen-bond donors (Lipinski definition) is 2. The number of nitrogens with one attached hydrogen (secondary N) is 2. The second kappa shape index (κ2) is 7.34. The molecule has 1 aromatic carbocycles. The van der Waals surface area contributed by atoms with Crippen molar-refractivity contribution in [3.05, 3.63) is 28.2 Å². The maximum absolute atomic E-state index is 12.2. The lowest BCUT2D eigenvalue weighted by molar-refractivity contribution is -0.128. The average molecular weight is 331 g/mol. The van der Waals surface area contributed by atoms with Crippen molar-refractivity contribution in [3.63, 3.8) is 0 Å². The number of ether oxygens (including phenoxy) is 1. The summed E-state index contributed by atoms with van der Waals surface area (Å²) in [6.45, 7) is 4.75. The number of piperidine rings is 1. The van der Waals surface area contributed by atoms with Gasteiger partial charge in [-0.15, -0.1) is 0 Å². The van der Waals surface area contributed by atoms with Gasteiger partial charge in [0.25, 0.3) is 5.91 Å². The molecule has 1 heterocycles. The fourth-order valence-electron chi connectivity index (χ4n) is 2.40. The first kappa shape index (κ1) is 16.4. The van der Waals surface area contributed by atoms with Crippen molar-refractivity contribution < 1.29 is 9.53 Å². The first-order valence-electron chi connectivity index (χ1n) is 7.11. The van der Waals surface area contributed by atoms with E-state index in [1.807, 2.05) is 0 Å². The molecule has 116 valence electrons. The Balaban J connectivity index is 1.90. The number of halogens is 2. The van der Waals surface area contributed by atoms with Crippen LogP contribution in [0.15, 0.2) is 18.2 Å². The largest absolute Gasteiger partial charge is 0.479 e. The van der Waals surface area contributed by atoms with Crippen molar-refractivity contribution in [3.8, 4) is 5.75 Å². The number of benzene rings is 1. The van der Waals surface area contributed by atoms with Crippen LogP contribution in [0.1, 0.15) is 26.7 Å². The topological polar surface area (TPSA) is 50.4 Å². The van der Waals surface area contributed by atoms with Gasteiger partial charge in [0.2, 0.25) is 0 Å². The minimum absolute atomic E-state index is 0.125. The summed E-state index contributed by atoms with van der Waals surface area (Å²) in [6.07, 6.45) is 1.26. The first-order chi connectivity index (χ1) is 9.95. The molecule has 2 N–H and O–H groups in total. The lowest BCUT2D eigenvalue weighted by atomic mass is 10.0. The van der Waals surface area contributed by atoms with Gasteiger partial charge in [-0.25, -0.2) is 0 Å². The van der Waals surface area contributed by atoms with E-state index in [2.05, 4.69) is 17.6 Å². The van der Waals surface area contributed by atoms with Crippen LogP contribution in [-0.4, -0.2) is 30.6 Å². The summed E-state index contributed by atoms with van der Waals surface area (Å²) < 4.78 is 5.61. The lowest BCUT2D eigenvalue weighted by Gasteiger charge is -2.29. The molecule has 3 unspecified atom stereocenters. The summed E-state index contributed by atoms with van der Waals surface area (Å²) in [5.41, 5.74) is 0. The van der Waals surface area contributed by atoms with E-state index in [0.29, 0.717) is 21.8 Å². The maximum atomic E-state index is 12.2. The summed E-state index contributed by atoms with van der Waals surface area (Å²) in [5, 5.41) is 7.32. The zero-order valence-electron chi connectivity index (χ0n) is 12.2. The van der Waals surface area contributed by atoms with Gasteiger partial charge in [0.15, 0.2) is 6.10 Å². The van der Waals surface area contributed by atoms with Crippen molar-refractivity contribution in [2.75, 3.05) is 6.54 Å². The Morgan fingerprint density at radius 3 is 2.90 bits per heavy atom. The maximum Gasteiger partial charge on any atom is 0.260 e. The van der Waals surface area contributed by atoms with Crippen LogP contribution >= 0.6 is 23.2 Å². The summed E-state index contributed by atoms with van der Waals surface area (Å²) in [4.78, 5) is 12.2. The first-order valence-corrected chi connectivity index (χ1v) is 7.86. The SMILES string of the molecule is CC1CC(NC(=O)C(C)Oc2ccc(Cl)cc2Cl)CCN1. The Bertz CT molecular complexity index is 510. The monoisotopic (exact) mass is 330 g/mol. The van der Waals surface area contributed by atoms with E-state index in [0.717, 1.165) is 19.4 Å². The van der Waals surface area contributed by atoms with E-state index >= 15 is 0 Å². The molecule has 0 aliphatic carbocycles. The predicted octanol–water partition coefficient (Wildman–Crippen LogP) is 3.02. The molecule has 1 aliphatic rings. The van der Waals surface area contributed by atoms with Crippen LogP contribution in [0.4, 0.5) is 0 Å². The lowest BCUT2D eigenvalue weighted by Crippen LogP contribution is -2.49. The van der Waals surface area contributed by atoms with Crippen LogP contribution in [0.25, 0.3) is 0 Å². The third-order valence-corrected chi connectivity index (χ3v) is 4.07. The summed E-state index contributed by atoms with van der Waals surface area (Å²) in [5.74, 6) is 0.336. The van der Waals surface area contributed by atoms with E-state index in [9.17, 15) is 4.79 Å². The van der Waals surface area contributed by atoms with Crippen LogP contribution in [0.5, 0.6) is 5.75 Å². The van der Waals surface area contributed by atoms with Gasteiger partial charge in [0.1, 0.15) is 5.75 Å². The van der Waals surface area contributed by atoms with E-state index in [1.54, 1.807) is 25.1 Å². The molecule has 0 radical (unpaired) electrons. The molecule has 0 aromatic heterocycles. The molecule has 3 atom stereocenters. The highest BCUT2D eigenvalue weighted by molar-refractivity contribution is 6.35. The van der Waals surface area contributed by atoms with E-state index in [1.165, 1.54) is 0 Å². The van der Waals surface area contributed by atoms with Gasteiger partial charge >= 0.3 is 0 Å². The number of rotatable bonds is 4. The molecule has 0 spiro atoms. The number of amides is 1.